The maximum absolute atomic E-state index is 14.6. The first-order valence-corrected chi connectivity index (χ1v) is 24.6. The highest BCUT2D eigenvalue weighted by Gasteiger charge is 2.31. The van der Waals surface area contributed by atoms with Crippen molar-refractivity contribution in [3.05, 3.63) is 228 Å². The van der Waals surface area contributed by atoms with Crippen LogP contribution in [0, 0.1) is 13.8 Å². The van der Waals surface area contributed by atoms with Gasteiger partial charge in [0.1, 0.15) is 0 Å². The largest absolute Gasteiger partial charge is 0.309 e. The summed E-state index contributed by atoms with van der Waals surface area (Å²) in [4.78, 5) is -0.0630. The average Bonchev–Trinajstić information content (AvgIpc) is 3.97. The summed E-state index contributed by atoms with van der Waals surface area (Å²) in [5.74, 6) is -0.0139. The molecule has 1 aliphatic carbocycles. The summed E-state index contributed by atoms with van der Waals surface area (Å²) >= 11 is 0. The molecular weight excluding hydrogens is 841 g/mol. The van der Waals surface area contributed by atoms with Crippen LogP contribution in [0.15, 0.2) is 220 Å². The van der Waals surface area contributed by atoms with Crippen molar-refractivity contribution in [2.24, 2.45) is 0 Å². The van der Waals surface area contributed by atoms with Crippen molar-refractivity contribution in [3.63, 3.8) is 0 Å². The Hall–Kier alpha value is -7.52. The lowest BCUT2D eigenvalue weighted by molar-refractivity contribution is 0.594. The van der Waals surface area contributed by atoms with Crippen LogP contribution in [-0.4, -0.2) is 26.0 Å². The molecule has 0 amide bonds. The van der Waals surface area contributed by atoms with Crippen LogP contribution in [0.4, 0.5) is 0 Å². The highest BCUT2D eigenvalue weighted by molar-refractivity contribution is 7.92. The first-order chi connectivity index (χ1) is 31.6. The van der Waals surface area contributed by atoms with Crippen LogP contribution in [0.25, 0.3) is 66.1 Å². The molecule has 0 N–H and O–H groups in total. The smallest absolute Gasteiger partial charge is 0.206 e. The molecule has 0 fully saturated rings. The third-order valence-corrected chi connectivity index (χ3v) is 16.7. The zero-order valence-corrected chi connectivity index (χ0v) is 37.1. The number of fused-ring (bicyclic) bond motifs is 9. The Morgan fingerprint density at radius 2 is 0.785 bits per heavy atom. The van der Waals surface area contributed by atoms with E-state index in [4.69, 9.17) is 0 Å². The van der Waals surface area contributed by atoms with Crippen molar-refractivity contribution >= 4 is 63.3 Å². The average molecular weight is 881 g/mol. The van der Waals surface area contributed by atoms with Crippen LogP contribution < -0.4 is 0 Å². The van der Waals surface area contributed by atoms with Gasteiger partial charge in [0.2, 0.25) is 19.7 Å². The monoisotopic (exact) mass is 880 g/mol. The number of hydrogen-bond donors (Lipinski definition) is 0. The van der Waals surface area contributed by atoms with Crippen molar-refractivity contribution in [2.45, 2.75) is 39.3 Å². The molecule has 0 saturated heterocycles. The molecule has 314 valence electrons. The van der Waals surface area contributed by atoms with E-state index in [1.54, 1.807) is 60.7 Å². The molecule has 0 aliphatic heterocycles. The molecule has 65 heavy (non-hydrogen) atoms. The summed E-state index contributed by atoms with van der Waals surface area (Å²) in [6.07, 6.45) is 0. The van der Waals surface area contributed by atoms with Crippen LogP contribution in [0.1, 0.15) is 33.7 Å². The molecule has 0 bridgehead atoms. The quantitative estimate of drug-likeness (QED) is 0.160. The zero-order valence-electron chi connectivity index (χ0n) is 35.5. The number of aryl methyl sites for hydroxylation is 2. The summed E-state index contributed by atoms with van der Waals surface area (Å²) in [6, 6.07) is 64.8. The van der Waals surface area contributed by atoms with Gasteiger partial charge < -0.3 is 9.13 Å². The van der Waals surface area contributed by atoms with Crippen LogP contribution in [0.3, 0.4) is 0 Å². The van der Waals surface area contributed by atoms with Crippen LogP contribution >= 0.6 is 0 Å². The zero-order chi connectivity index (χ0) is 44.2. The molecule has 11 aromatic rings. The van der Waals surface area contributed by atoms with Gasteiger partial charge in [-0.15, -0.1) is 0 Å². The fraction of sp³-hybridized carbons (Fsp3) is 0.0526. The molecule has 2 aromatic heterocycles. The van der Waals surface area contributed by atoms with Gasteiger partial charge in [0.15, 0.2) is 0 Å². The highest BCUT2D eigenvalue weighted by atomic mass is 32.2. The molecule has 8 heteroatoms. The Labute approximate surface area is 377 Å². The van der Waals surface area contributed by atoms with Crippen molar-refractivity contribution in [1.82, 2.24) is 9.13 Å². The van der Waals surface area contributed by atoms with Crippen molar-refractivity contribution in [1.29, 1.82) is 0 Å². The third kappa shape index (κ3) is 6.05. The van der Waals surface area contributed by atoms with Crippen LogP contribution in [0.2, 0.25) is 0 Å². The van der Waals surface area contributed by atoms with E-state index in [-0.39, 0.29) is 25.5 Å². The Kier molecular flexibility index (Phi) is 8.72. The molecule has 2 heterocycles. The predicted octanol–water partition coefficient (Wildman–Crippen LogP) is 13.3. The van der Waals surface area contributed by atoms with E-state index < -0.39 is 19.7 Å². The van der Waals surface area contributed by atoms with Gasteiger partial charge in [-0.05, 0) is 127 Å². The van der Waals surface area contributed by atoms with E-state index in [0.717, 1.165) is 66.0 Å². The standard InChI is InChI=1S/C57H40N2O4S2/c1-36-19-25-41(26-20-36)64(60,61)43-32-40(33-44(35-43)65(62,63)42-27-21-37(2)22-28-42)59-55-29-23-38(57-49-15-5-3-11-45(49)46-12-4-6-16-50(46)57)31-51(55)52-34-39(24-30-56(52)59)58-53-17-9-7-13-47(53)48-14-8-10-18-54(48)58/h3-35,57H,1-2H3. The van der Waals surface area contributed by atoms with E-state index in [1.165, 1.54) is 28.3 Å². The maximum Gasteiger partial charge on any atom is 0.206 e. The maximum atomic E-state index is 14.6. The normalized spacial score (nSPS) is 13.0. The lowest BCUT2D eigenvalue weighted by Crippen LogP contribution is -2.09. The number of para-hydroxylation sites is 2. The van der Waals surface area contributed by atoms with Gasteiger partial charge in [-0.2, -0.15) is 0 Å². The predicted molar refractivity (Wildman–Crippen MR) is 261 cm³/mol. The fourth-order valence-corrected chi connectivity index (χ4v) is 12.8. The number of benzene rings is 9. The molecule has 0 radical (unpaired) electrons. The summed E-state index contributed by atoms with van der Waals surface area (Å²) in [5.41, 5.74) is 13.0. The third-order valence-electron chi connectivity index (χ3n) is 13.2. The SMILES string of the molecule is Cc1ccc(S(=O)(=O)c2cc(-n3c4ccc(C5c6ccccc6-c6ccccc65)cc4c4cc(-n5c6ccccc6c6ccccc65)ccc43)cc(S(=O)(=O)c3ccc(C)cc3)c2)cc1. The molecule has 0 atom stereocenters. The second-order valence-electron chi connectivity index (χ2n) is 17.1. The Bertz CT molecular complexity index is 3800. The van der Waals surface area contributed by atoms with Crippen molar-refractivity contribution < 1.29 is 16.8 Å². The van der Waals surface area contributed by atoms with Gasteiger partial charge in [0, 0.05) is 38.8 Å². The molecule has 0 unspecified atom stereocenters. The summed E-state index contributed by atoms with van der Waals surface area (Å²) in [5, 5.41) is 4.20. The molecule has 0 spiro atoms. The minimum absolute atomic E-state index is 0.0139. The van der Waals surface area contributed by atoms with Crippen molar-refractivity contribution in [3.8, 4) is 22.5 Å². The topological polar surface area (TPSA) is 78.1 Å². The molecule has 1 aliphatic rings. The second-order valence-corrected chi connectivity index (χ2v) is 21.0. The molecule has 6 nitrogen and oxygen atoms in total. The second kappa shape index (κ2) is 14.5. The fourth-order valence-electron chi connectivity index (χ4n) is 10.0. The van der Waals surface area contributed by atoms with E-state index in [2.05, 4.69) is 138 Å². The lowest BCUT2D eigenvalue weighted by Gasteiger charge is -2.16. The van der Waals surface area contributed by atoms with E-state index >= 15 is 0 Å². The van der Waals surface area contributed by atoms with Gasteiger partial charge in [0.25, 0.3) is 0 Å². The molecule has 0 saturated carbocycles. The molecule has 9 aromatic carbocycles. The number of rotatable bonds is 7. The Morgan fingerprint density at radius 1 is 0.354 bits per heavy atom. The summed E-state index contributed by atoms with van der Waals surface area (Å²) in [6.45, 7) is 3.79. The minimum Gasteiger partial charge on any atom is -0.309 e. The molecular formula is C57H40N2O4S2. The highest BCUT2D eigenvalue weighted by Crippen LogP contribution is 2.49. The lowest BCUT2D eigenvalue weighted by atomic mass is 9.88. The summed E-state index contributed by atoms with van der Waals surface area (Å²) < 4.78 is 62.8. The van der Waals surface area contributed by atoms with Crippen LogP contribution in [-0.2, 0) is 19.7 Å². The Balaban J connectivity index is 1.15. The Morgan fingerprint density at radius 3 is 1.32 bits per heavy atom. The first kappa shape index (κ1) is 39.1. The summed E-state index contributed by atoms with van der Waals surface area (Å²) in [7, 11) is -8.36. The van der Waals surface area contributed by atoms with Gasteiger partial charge in [-0.1, -0.05) is 126 Å². The number of sulfone groups is 2. The van der Waals surface area contributed by atoms with Crippen LogP contribution in [0.5, 0.6) is 0 Å². The van der Waals surface area contributed by atoms with Gasteiger partial charge in [-0.25, -0.2) is 16.8 Å². The number of hydrogen-bond acceptors (Lipinski definition) is 4. The van der Waals surface area contributed by atoms with Crippen molar-refractivity contribution in [2.75, 3.05) is 0 Å². The first-order valence-electron chi connectivity index (χ1n) is 21.6. The van der Waals surface area contributed by atoms with Gasteiger partial charge >= 0.3 is 0 Å². The van der Waals surface area contributed by atoms with E-state index in [0.29, 0.717) is 5.69 Å². The van der Waals surface area contributed by atoms with Gasteiger partial charge in [0.05, 0.1) is 41.6 Å². The number of nitrogens with zero attached hydrogens (tertiary/aromatic N) is 2. The van der Waals surface area contributed by atoms with E-state index in [9.17, 15) is 16.8 Å². The van der Waals surface area contributed by atoms with Gasteiger partial charge in [-0.3, -0.25) is 0 Å². The minimum atomic E-state index is -4.18. The molecule has 12 rings (SSSR count). The number of aromatic nitrogens is 2. The van der Waals surface area contributed by atoms with E-state index in [1.807, 2.05) is 18.4 Å².